The van der Waals surface area contributed by atoms with Crippen LogP contribution < -0.4 is 16.0 Å². The van der Waals surface area contributed by atoms with Gasteiger partial charge in [-0.25, -0.2) is 4.39 Å². The van der Waals surface area contributed by atoms with E-state index in [-0.39, 0.29) is 29.7 Å². The van der Waals surface area contributed by atoms with Gasteiger partial charge in [0.25, 0.3) is 0 Å². The lowest BCUT2D eigenvalue weighted by molar-refractivity contribution is -0.139. The number of halogens is 1. The van der Waals surface area contributed by atoms with Crippen molar-refractivity contribution in [2.24, 2.45) is 5.41 Å². The van der Waals surface area contributed by atoms with Gasteiger partial charge in [-0.3, -0.25) is 9.59 Å². The van der Waals surface area contributed by atoms with Crippen LogP contribution in [0.4, 0.5) is 4.39 Å². The molecule has 0 saturated carbocycles. The van der Waals surface area contributed by atoms with E-state index in [1.54, 1.807) is 20.0 Å². The van der Waals surface area contributed by atoms with Gasteiger partial charge >= 0.3 is 0 Å². The fraction of sp³-hybridized carbons (Fsp3) is 0.500. The van der Waals surface area contributed by atoms with Gasteiger partial charge in [0.1, 0.15) is 11.9 Å². The van der Waals surface area contributed by atoms with Crippen molar-refractivity contribution < 1.29 is 14.0 Å². The smallest absolute Gasteiger partial charge is 0.246 e. The Morgan fingerprint density at radius 3 is 2.72 bits per heavy atom. The Morgan fingerprint density at radius 1 is 1.28 bits per heavy atom. The molecule has 0 aliphatic carbocycles. The first-order chi connectivity index (χ1) is 15.1. The van der Waals surface area contributed by atoms with Crippen LogP contribution in [0.1, 0.15) is 39.7 Å². The van der Waals surface area contributed by atoms with Crippen LogP contribution in [0.2, 0.25) is 0 Å². The first-order valence-corrected chi connectivity index (χ1v) is 11.1. The molecule has 3 heterocycles. The molecule has 2 aromatic rings. The van der Waals surface area contributed by atoms with Crippen LogP contribution in [0.5, 0.6) is 0 Å². The van der Waals surface area contributed by atoms with Gasteiger partial charge < -0.3 is 25.8 Å². The molecule has 8 heteroatoms. The van der Waals surface area contributed by atoms with E-state index in [1.807, 2.05) is 38.1 Å². The van der Waals surface area contributed by atoms with Gasteiger partial charge in [-0.15, -0.1) is 0 Å². The van der Waals surface area contributed by atoms with Crippen molar-refractivity contribution in [3.63, 3.8) is 0 Å². The number of aromatic amines is 1. The van der Waals surface area contributed by atoms with Crippen molar-refractivity contribution in [2.75, 3.05) is 13.6 Å². The Morgan fingerprint density at radius 2 is 2.03 bits per heavy atom. The molecule has 32 heavy (non-hydrogen) atoms. The number of carbonyl (C=O) groups is 2. The zero-order chi connectivity index (χ0) is 23.2. The maximum atomic E-state index is 13.8. The van der Waals surface area contributed by atoms with Crippen molar-refractivity contribution in [1.29, 1.82) is 0 Å². The summed E-state index contributed by atoms with van der Waals surface area (Å²) in [6, 6.07) is 3.62. The van der Waals surface area contributed by atoms with Crippen LogP contribution in [0.15, 0.2) is 30.6 Å². The number of nitrogens with zero attached hydrogens (tertiary/aromatic N) is 1. The van der Waals surface area contributed by atoms with Gasteiger partial charge in [-0.05, 0) is 44.0 Å². The lowest BCUT2D eigenvalue weighted by Crippen LogP contribution is -2.58. The van der Waals surface area contributed by atoms with Gasteiger partial charge in [0.05, 0.1) is 18.1 Å². The number of likely N-dealkylation sites (tertiary alicyclic amines) is 1. The van der Waals surface area contributed by atoms with Crippen molar-refractivity contribution in [1.82, 2.24) is 25.8 Å². The summed E-state index contributed by atoms with van der Waals surface area (Å²) in [5, 5.41) is 10.2. The van der Waals surface area contributed by atoms with Crippen molar-refractivity contribution in [3.8, 4) is 0 Å². The quantitative estimate of drug-likeness (QED) is 0.574. The highest BCUT2D eigenvalue weighted by molar-refractivity contribution is 5.97. The summed E-state index contributed by atoms with van der Waals surface area (Å²) in [7, 11) is 1.72. The summed E-state index contributed by atoms with van der Waals surface area (Å²) in [6.45, 7) is 8.27. The van der Waals surface area contributed by atoms with E-state index in [0.29, 0.717) is 6.54 Å². The third-order valence-corrected chi connectivity index (χ3v) is 6.63. The lowest BCUT2D eigenvalue weighted by Gasteiger charge is -2.36. The number of aromatic nitrogens is 1. The Labute approximate surface area is 187 Å². The molecule has 4 atom stereocenters. The largest absolute Gasteiger partial charge is 0.385 e. The molecule has 0 radical (unpaired) electrons. The summed E-state index contributed by atoms with van der Waals surface area (Å²) in [6.07, 6.45) is 4.66. The second-order valence-electron chi connectivity index (χ2n) is 9.85. The monoisotopic (exact) mass is 441 g/mol. The van der Waals surface area contributed by atoms with E-state index in [0.717, 1.165) is 28.5 Å². The second-order valence-corrected chi connectivity index (χ2v) is 9.85. The molecule has 7 nitrogen and oxygen atoms in total. The first kappa shape index (κ1) is 22.3. The van der Waals surface area contributed by atoms with Crippen LogP contribution in [-0.4, -0.2) is 59.5 Å². The molecule has 2 aliphatic rings. The minimum Gasteiger partial charge on any atom is -0.385 e. The van der Waals surface area contributed by atoms with Crippen LogP contribution in [0.3, 0.4) is 0 Å². The van der Waals surface area contributed by atoms with E-state index in [4.69, 9.17) is 0 Å². The molecule has 4 N–H and O–H groups in total. The predicted octanol–water partition coefficient (Wildman–Crippen LogP) is 2.36. The highest BCUT2D eigenvalue weighted by Crippen LogP contribution is 2.38. The summed E-state index contributed by atoms with van der Waals surface area (Å²) >= 11 is 0. The van der Waals surface area contributed by atoms with Gasteiger partial charge in [0.15, 0.2) is 0 Å². The number of amides is 2. The Bertz CT molecular complexity index is 1070. The molecular formula is C24H32FN5O2. The normalized spacial score (nSPS) is 22.3. The SMILES string of the molecule is CNC(C)C(=O)NC(C(=O)N1CCC2NC=C(c3c[nH]c4cc(F)ccc34)C21)C(C)(C)C. The summed E-state index contributed by atoms with van der Waals surface area (Å²) in [5.41, 5.74) is 2.23. The molecule has 0 bridgehead atoms. The summed E-state index contributed by atoms with van der Waals surface area (Å²) in [5.74, 6) is -0.572. The van der Waals surface area contributed by atoms with Gasteiger partial charge in [-0.1, -0.05) is 20.8 Å². The zero-order valence-electron chi connectivity index (χ0n) is 19.3. The number of benzene rings is 1. The van der Waals surface area contributed by atoms with Crippen LogP contribution >= 0.6 is 0 Å². The van der Waals surface area contributed by atoms with Crippen molar-refractivity contribution in [3.05, 3.63) is 42.0 Å². The number of hydrogen-bond donors (Lipinski definition) is 4. The minimum absolute atomic E-state index is 0.0814. The number of hydrogen-bond acceptors (Lipinski definition) is 4. The average Bonchev–Trinajstić information content (AvgIpc) is 3.44. The van der Waals surface area contributed by atoms with Crippen molar-refractivity contribution >= 4 is 28.3 Å². The topological polar surface area (TPSA) is 89.3 Å². The number of rotatable bonds is 5. The van der Waals surface area contributed by atoms with Crippen LogP contribution in [-0.2, 0) is 9.59 Å². The van der Waals surface area contributed by atoms with E-state index in [9.17, 15) is 14.0 Å². The summed E-state index contributed by atoms with van der Waals surface area (Å²) in [4.78, 5) is 31.4. The minimum atomic E-state index is -0.650. The molecular weight excluding hydrogens is 409 g/mol. The Hall–Kier alpha value is -2.87. The van der Waals surface area contributed by atoms with Crippen molar-refractivity contribution in [2.45, 2.75) is 58.3 Å². The van der Waals surface area contributed by atoms with Crippen LogP contribution in [0, 0.1) is 11.2 Å². The van der Waals surface area contributed by atoms with E-state index < -0.39 is 17.5 Å². The molecule has 2 aliphatic heterocycles. The molecule has 0 spiro atoms. The molecule has 4 unspecified atom stereocenters. The van der Waals surface area contributed by atoms with E-state index in [1.165, 1.54) is 12.1 Å². The fourth-order valence-corrected chi connectivity index (χ4v) is 4.67. The first-order valence-electron chi connectivity index (χ1n) is 11.1. The fourth-order valence-electron chi connectivity index (χ4n) is 4.67. The van der Waals surface area contributed by atoms with E-state index >= 15 is 0 Å². The summed E-state index contributed by atoms with van der Waals surface area (Å²) < 4.78 is 13.7. The maximum Gasteiger partial charge on any atom is 0.246 e. The highest BCUT2D eigenvalue weighted by atomic mass is 19.1. The molecule has 1 fully saturated rings. The standard InChI is InChI=1S/C24H32FN5O2/c1-13(26-5)22(31)29-21(24(2,3)4)23(32)30-9-8-18-20(30)17(12-27-18)16-11-28-19-10-14(25)6-7-15(16)19/h6-7,10-13,18,20-21,26-28H,8-9H2,1-5H3,(H,29,31). The molecule has 2 amide bonds. The third-order valence-electron chi connectivity index (χ3n) is 6.63. The molecule has 1 saturated heterocycles. The zero-order valence-corrected chi connectivity index (χ0v) is 19.3. The Kier molecular flexibility index (Phi) is 5.75. The molecule has 4 rings (SSSR count). The molecule has 172 valence electrons. The third kappa shape index (κ3) is 3.88. The Balaban J connectivity index is 1.64. The van der Waals surface area contributed by atoms with E-state index in [2.05, 4.69) is 20.9 Å². The second kappa shape index (κ2) is 8.24. The van der Waals surface area contributed by atoms with Gasteiger partial charge in [0, 0.05) is 41.0 Å². The molecule has 1 aromatic heterocycles. The van der Waals surface area contributed by atoms with Crippen LogP contribution in [0.25, 0.3) is 16.5 Å². The van der Waals surface area contributed by atoms with Gasteiger partial charge in [-0.2, -0.15) is 0 Å². The number of H-pyrrole nitrogens is 1. The number of fused-ring (bicyclic) bond motifs is 2. The maximum absolute atomic E-state index is 13.8. The number of likely N-dealkylation sites (N-methyl/N-ethyl adjacent to an activating group) is 1. The average molecular weight is 442 g/mol. The predicted molar refractivity (Wildman–Crippen MR) is 123 cm³/mol. The highest BCUT2D eigenvalue weighted by Gasteiger charge is 2.47. The number of carbonyl (C=O) groups excluding carboxylic acids is 2. The lowest BCUT2D eigenvalue weighted by atomic mass is 9.85. The van der Waals surface area contributed by atoms with Gasteiger partial charge in [0.2, 0.25) is 11.8 Å². The molecule has 1 aromatic carbocycles. The number of nitrogens with one attached hydrogen (secondary N) is 4.